The molecule has 0 saturated carbocycles. The highest BCUT2D eigenvalue weighted by atomic mass is 35.5. The summed E-state index contributed by atoms with van der Waals surface area (Å²) >= 11 is 0. The lowest BCUT2D eigenvalue weighted by Gasteiger charge is -2.22. The van der Waals surface area contributed by atoms with Gasteiger partial charge in [0.2, 0.25) is 5.88 Å². The number of amides is 2. The van der Waals surface area contributed by atoms with Gasteiger partial charge in [-0.3, -0.25) is 9.59 Å². The molecule has 2 rings (SSSR count). The molecule has 2 heterocycles. The molecule has 1 atom stereocenters. The molecule has 0 radical (unpaired) electrons. The third-order valence-corrected chi connectivity index (χ3v) is 2.80. The molecule has 8 nitrogen and oxygen atoms in total. The van der Waals surface area contributed by atoms with Crippen LogP contribution in [0.25, 0.3) is 0 Å². The van der Waals surface area contributed by atoms with Gasteiger partial charge in [0.1, 0.15) is 11.7 Å². The van der Waals surface area contributed by atoms with Gasteiger partial charge in [-0.05, 0) is 6.07 Å². The molecule has 1 aromatic rings. The molecule has 0 spiro atoms. The zero-order valence-corrected chi connectivity index (χ0v) is 13.5. The SMILES string of the molecule is COc1ncc(NC(=O)C2CNCCO2)cc1C(N)=O.Cl.Cl. The molecule has 2 amide bonds. The lowest BCUT2D eigenvalue weighted by Crippen LogP contribution is -2.45. The van der Waals surface area contributed by atoms with Crippen LogP contribution in [0.1, 0.15) is 10.4 Å². The Morgan fingerprint density at radius 2 is 2.23 bits per heavy atom. The summed E-state index contributed by atoms with van der Waals surface area (Å²) < 4.78 is 10.2. The average Bonchev–Trinajstić information content (AvgIpc) is 2.48. The number of hydrogen-bond acceptors (Lipinski definition) is 6. The minimum atomic E-state index is -0.680. The molecule has 4 N–H and O–H groups in total. The summed E-state index contributed by atoms with van der Waals surface area (Å²) in [7, 11) is 1.38. The Hall–Kier alpha value is -1.61. The first-order chi connectivity index (χ1) is 9.61. The van der Waals surface area contributed by atoms with Gasteiger partial charge < -0.3 is 25.8 Å². The van der Waals surface area contributed by atoms with Crippen molar-refractivity contribution < 1.29 is 19.1 Å². The lowest BCUT2D eigenvalue weighted by molar-refractivity contribution is -0.128. The van der Waals surface area contributed by atoms with E-state index in [1.165, 1.54) is 19.4 Å². The molecule has 0 bridgehead atoms. The van der Waals surface area contributed by atoms with Crippen LogP contribution in [0.2, 0.25) is 0 Å². The van der Waals surface area contributed by atoms with E-state index in [1.54, 1.807) is 0 Å². The Kier molecular flexibility index (Phi) is 8.73. The molecule has 1 fully saturated rings. The lowest BCUT2D eigenvalue weighted by atomic mass is 10.2. The number of methoxy groups -OCH3 is 1. The molecule has 22 heavy (non-hydrogen) atoms. The number of anilines is 1. The number of pyridine rings is 1. The monoisotopic (exact) mass is 352 g/mol. The van der Waals surface area contributed by atoms with Gasteiger partial charge in [-0.15, -0.1) is 24.8 Å². The van der Waals surface area contributed by atoms with Crippen LogP contribution in [0.3, 0.4) is 0 Å². The van der Waals surface area contributed by atoms with Crippen LogP contribution in [0.4, 0.5) is 5.69 Å². The molecule has 0 aliphatic carbocycles. The normalized spacial score (nSPS) is 16.7. The van der Waals surface area contributed by atoms with E-state index in [4.69, 9.17) is 15.2 Å². The number of carbonyl (C=O) groups is 2. The molecule has 1 aromatic heterocycles. The number of ether oxygens (including phenoxy) is 2. The quantitative estimate of drug-likeness (QED) is 0.700. The molecule has 1 aliphatic rings. The first kappa shape index (κ1) is 20.4. The fourth-order valence-electron chi connectivity index (χ4n) is 1.82. The molecule has 1 saturated heterocycles. The zero-order valence-electron chi connectivity index (χ0n) is 11.8. The van der Waals surface area contributed by atoms with Crippen LogP contribution in [0.5, 0.6) is 5.88 Å². The van der Waals surface area contributed by atoms with E-state index in [2.05, 4.69) is 15.6 Å². The molecule has 0 aromatic carbocycles. The summed E-state index contributed by atoms with van der Waals surface area (Å²) in [6.07, 6.45) is 0.822. The van der Waals surface area contributed by atoms with Gasteiger partial charge >= 0.3 is 0 Å². The van der Waals surface area contributed by atoms with Crippen molar-refractivity contribution in [2.75, 3.05) is 32.1 Å². The van der Waals surface area contributed by atoms with Crippen LogP contribution in [0.15, 0.2) is 12.3 Å². The van der Waals surface area contributed by atoms with Crippen molar-refractivity contribution in [1.82, 2.24) is 10.3 Å². The maximum Gasteiger partial charge on any atom is 0.254 e. The standard InChI is InChI=1S/C12H16N4O4.2ClH/c1-19-12-8(10(13)17)4-7(5-15-12)16-11(18)9-6-14-2-3-20-9;;/h4-5,9,14H,2-3,6H2,1H3,(H2,13,17)(H,16,18);2*1H. The second kappa shape index (κ2) is 9.42. The fourth-order valence-corrected chi connectivity index (χ4v) is 1.82. The summed E-state index contributed by atoms with van der Waals surface area (Å²) in [6, 6.07) is 1.42. The van der Waals surface area contributed by atoms with Gasteiger partial charge in [0.05, 0.1) is 25.6 Å². The van der Waals surface area contributed by atoms with Crippen molar-refractivity contribution in [2.45, 2.75) is 6.10 Å². The maximum absolute atomic E-state index is 12.0. The van der Waals surface area contributed by atoms with Gasteiger partial charge in [-0.25, -0.2) is 4.98 Å². The third kappa shape index (κ3) is 4.99. The number of nitrogens with zero attached hydrogens (tertiary/aromatic N) is 1. The van der Waals surface area contributed by atoms with E-state index in [0.717, 1.165) is 6.54 Å². The molecule has 1 unspecified atom stereocenters. The summed E-state index contributed by atoms with van der Waals surface area (Å²) in [6.45, 7) is 1.64. The van der Waals surface area contributed by atoms with Crippen molar-refractivity contribution >= 4 is 42.3 Å². The Labute approximate surface area is 139 Å². The number of nitrogens with two attached hydrogens (primary N) is 1. The minimum Gasteiger partial charge on any atom is -0.480 e. The van der Waals surface area contributed by atoms with E-state index >= 15 is 0 Å². The van der Waals surface area contributed by atoms with Crippen molar-refractivity contribution in [3.8, 4) is 5.88 Å². The Bertz CT molecular complexity index is 524. The number of aromatic nitrogens is 1. The van der Waals surface area contributed by atoms with E-state index in [0.29, 0.717) is 18.8 Å². The van der Waals surface area contributed by atoms with E-state index in [9.17, 15) is 9.59 Å². The smallest absolute Gasteiger partial charge is 0.254 e. The Morgan fingerprint density at radius 1 is 1.50 bits per heavy atom. The van der Waals surface area contributed by atoms with Gasteiger partial charge in [-0.1, -0.05) is 0 Å². The largest absolute Gasteiger partial charge is 0.480 e. The minimum absolute atomic E-state index is 0. The molecule has 1 aliphatic heterocycles. The highest BCUT2D eigenvalue weighted by molar-refractivity contribution is 5.98. The summed E-state index contributed by atoms with van der Waals surface area (Å²) in [5, 5.41) is 5.68. The van der Waals surface area contributed by atoms with Crippen molar-refractivity contribution in [2.24, 2.45) is 5.73 Å². The van der Waals surface area contributed by atoms with Crippen molar-refractivity contribution in [3.05, 3.63) is 17.8 Å². The summed E-state index contributed by atoms with van der Waals surface area (Å²) in [5.41, 5.74) is 5.69. The van der Waals surface area contributed by atoms with Gasteiger partial charge in [-0.2, -0.15) is 0 Å². The number of primary amides is 1. The average molecular weight is 353 g/mol. The third-order valence-electron chi connectivity index (χ3n) is 2.80. The van der Waals surface area contributed by atoms with E-state index in [-0.39, 0.29) is 42.2 Å². The van der Waals surface area contributed by atoms with Crippen molar-refractivity contribution in [3.63, 3.8) is 0 Å². The van der Waals surface area contributed by atoms with Crippen LogP contribution < -0.4 is 21.1 Å². The maximum atomic E-state index is 12.0. The predicted molar refractivity (Wildman–Crippen MR) is 85.0 cm³/mol. The van der Waals surface area contributed by atoms with Crippen LogP contribution in [0, 0.1) is 0 Å². The summed E-state index contributed by atoms with van der Waals surface area (Å²) in [5.74, 6) is -0.869. The fraction of sp³-hybridized carbons (Fsp3) is 0.417. The molecule has 10 heteroatoms. The Morgan fingerprint density at radius 3 is 2.77 bits per heavy atom. The Balaban J connectivity index is 0.00000220. The number of morpholine rings is 1. The molecular weight excluding hydrogens is 335 g/mol. The van der Waals surface area contributed by atoms with Crippen LogP contribution >= 0.6 is 24.8 Å². The van der Waals surface area contributed by atoms with Gasteiger partial charge in [0.15, 0.2) is 0 Å². The predicted octanol–water partition coefficient (Wildman–Crippen LogP) is -0.0404. The second-order valence-electron chi connectivity index (χ2n) is 4.20. The molecule has 124 valence electrons. The highest BCUT2D eigenvalue weighted by Crippen LogP contribution is 2.19. The molecular formula is C12H18Cl2N4O4. The first-order valence-corrected chi connectivity index (χ1v) is 6.09. The topological polar surface area (TPSA) is 116 Å². The number of carbonyl (C=O) groups excluding carboxylic acids is 2. The second-order valence-corrected chi connectivity index (χ2v) is 4.20. The number of rotatable bonds is 4. The zero-order chi connectivity index (χ0) is 14.5. The van der Waals surface area contributed by atoms with Crippen LogP contribution in [-0.2, 0) is 9.53 Å². The van der Waals surface area contributed by atoms with Gasteiger partial charge in [0.25, 0.3) is 11.8 Å². The van der Waals surface area contributed by atoms with Crippen molar-refractivity contribution in [1.29, 1.82) is 0 Å². The summed E-state index contributed by atoms with van der Waals surface area (Å²) in [4.78, 5) is 27.1. The number of nitrogens with one attached hydrogen (secondary N) is 2. The highest BCUT2D eigenvalue weighted by Gasteiger charge is 2.22. The number of hydrogen-bond donors (Lipinski definition) is 3. The number of halogens is 2. The van der Waals surface area contributed by atoms with Gasteiger partial charge in [0, 0.05) is 13.1 Å². The first-order valence-electron chi connectivity index (χ1n) is 6.09. The van der Waals surface area contributed by atoms with E-state index in [1.807, 2.05) is 0 Å². The van der Waals surface area contributed by atoms with E-state index < -0.39 is 12.0 Å². The van der Waals surface area contributed by atoms with Crippen LogP contribution in [-0.4, -0.2) is 49.7 Å².